The monoisotopic (exact) mass is 378 g/mol. The number of thioether (sulfide) groups is 1. The molecule has 0 N–H and O–H groups in total. The van der Waals surface area contributed by atoms with Gasteiger partial charge in [-0.2, -0.15) is 0 Å². The molecular formula is C19H26N2O4S. The van der Waals surface area contributed by atoms with Crippen molar-refractivity contribution in [3.8, 4) is 5.88 Å². The Kier molecular flexibility index (Phi) is 8.50. The van der Waals surface area contributed by atoms with E-state index in [2.05, 4.69) is 16.7 Å². The van der Waals surface area contributed by atoms with Gasteiger partial charge in [-0.25, -0.2) is 0 Å². The van der Waals surface area contributed by atoms with E-state index in [4.69, 9.17) is 18.7 Å². The van der Waals surface area contributed by atoms with Crippen molar-refractivity contribution >= 4 is 16.8 Å². The molecule has 26 heavy (non-hydrogen) atoms. The minimum atomic E-state index is 0.208. The van der Waals surface area contributed by atoms with E-state index in [0.717, 1.165) is 35.8 Å². The third-order valence-corrected chi connectivity index (χ3v) is 4.58. The van der Waals surface area contributed by atoms with E-state index in [1.165, 1.54) is 11.8 Å². The van der Waals surface area contributed by atoms with Crippen molar-refractivity contribution in [2.75, 3.05) is 33.1 Å². The second kappa shape index (κ2) is 10.9. The van der Waals surface area contributed by atoms with E-state index < -0.39 is 0 Å². The van der Waals surface area contributed by atoms with Gasteiger partial charge in [0.1, 0.15) is 11.7 Å². The highest BCUT2D eigenvalue weighted by Gasteiger charge is 2.17. The molecule has 2 heterocycles. The number of aliphatic imine (C=N–C) groups is 1. The van der Waals surface area contributed by atoms with Crippen molar-refractivity contribution in [2.45, 2.75) is 25.9 Å². The smallest absolute Gasteiger partial charge is 0.255 e. The largest absolute Gasteiger partial charge is 0.501 e. The number of ether oxygens (including phenoxy) is 3. The summed E-state index contributed by atoms with van der Waals surface area (Å²) < 4.78 is 21.7. The maximum atomic E-state index is 5.67. The Bertz CT molecular complexity index is 673. The van der Waals surface area contributed by atoms with Gasteiger partial charge in [0.05, 0.1) is 31.6 Å². The molecule has 1 saturated heterocycles. The molecule has 1 atom stereocenters. The minimum Gasteiger partial charge on any atom is -0.501 e. The topological polar surface area (TPSA) is 66.1 Å². The molecule has 1 aromatic heterocycles. The van der Waals surface area contributed by atoms with E-state index in [1.807, 2.05) is 25.3 Å². The summed E-state index contributed by atoms with van der Waals surface area (Å²) in [5.74, 6) is 1.82. The molecule has 0 saturated carbocycles. The van der Waals surface area contributed by atoms with Crippen LogP contribution in [0.4, 0.5) is 0 Å². The lowest BCUT2D eigenvalue weighted by Crippen LogP contribution is -2.10. The summed E-state index contributed by atoms with van der Waals surface area (Å²) in [5, 5.41) is 4.75. The number of methoxy groups -OCH3 is 1. The summed E-state index contributed by atoms with van der Waals surface area (Å²) in [4.78, 5) is 4.59. The van der Waals surface area contributed by atoms with Crippen molar-refractivity contribution < 1.29 is 18.7 Å². The van der Waals surface area contributed by atoms with Crippen LogP contribution in [0.25, 0.3) is 0 Å². The first-order valence-electron chi connectivity index (χ1n) is 8.50. The molecule has 6 nitrogen and oxygen atoms in total. The summed E-state index contributed by atoms with van der Waals surface area (Å²) >= 11 is 1.52. The zero-order valence-corrected chi connectivity index (χ0v) is 16.4. The quantitative estimate of drug-likeness (QED) is 0.280. The molecule has 0 amide bonds. The van der Waals surface area contributed by atoms with Gasteiger partial charge >= 0.3 is 0 Å². The number of hydrogen-bond acceptors (Lipinski definition) is 7. The van der Waals surface area contributed by atoms with Crippen LogP contribution in [0.2, 0.25) is 0 Å². The van der Waals surface area contributed by atoms with Crippen molar-refractivity contribution in [1.82, 2.24) is 5.16 Å². The Labute approximate surface area is 159 Å². The summed E-state index contributed by atoms with van der Waals surface area (Å²) in [7, 11) is 1.63. The molecule has 1 aromatic rings. The second-order valence-corrected chi connectivity index (χ2v) is 6.53. The molecule has 0 radical (unpaired) electrons. The van der Waals surface area contributed by atoms with Gasteiger partial charge in [0, 0.05) is 6.61 Å². The van der Waals surface area contributed by atoms with E-state index in [9.17, 15) is 0 Å². The number of nitrogens with zero attached hydrogens (tertiary/aromatic N) is 2. The second-order valence-electron chi connectivity index (χ2n) is 5.73. The highest BCUT2D eigenvalue weighted by Crippen LogP contribution is 2.19. The molecular weight excluding hydrogens is 352 g/mol. The summed E-state index contributed by atoms with van der Waals surface area (Å²) in [6.45, 7) is 7.47. The van der Waals surface area contributed by atoms with Crippen LogP contribution in [-0.2, 0) is 9.47 Å². The predicted octanol–water partition coefficient (Wildman–Crippen LogP) is 4.00. The lowest BCUT2D eigenvalue weighted by molar-refractivity contribution is 0.118. The molecule has 142 valence electrons. The summed E-state index contributed by atoms with van der Waals surface area (Å²) in [6, 6.07) is 1.75. The van der Waals surface area contributed by atoms with Gasteiger partial charge in [-0.1, -0.05) is 18.7 Å². The van der Waals surface area contributed by atoms with Gasteiger partial charge in [-0.05, 0) is 42.8 Å². The molecule has 1 fully saturated rings. The molecule has 1 aliphatic heterocycles. The van der Waals surface area contributed by atoms with E-state index in [-0.39, 0.29) is 6.10 Å². The van der Waals surface area contributed by atoms with Gasteiger partial charge in [-0.3, -0.25) is 4.99 Å². The molecule has 1 unspecified atom stereocenters. The zero-order valence-electron chi connectivity index (χ0n) is 15.6. The maximum absolute atomic E-state index is 5.67. The predicted molar refractivity (Wildman–Crippen MR) is 105 cm³/mol. The third kappa shape index (κ3) is 6.38. The van der Waals surface area contributed by atoms with Crippen LogP contribution in [-0.4, -0.2) is 49.4 Å². The average Bonchev–Trinajstić information content (AvgIpc) is 3.34. The number of rotatable bonds is 9. The van der Waals surface area contributed by atoms with Crippen molar-refractivity contribution in [3.63, 3.8) is 0 Å². The number of allylic oxidation sites excluding steroid dienone is 3. The highest BCUT2D eigenvalue weighted by molar-refractivity contribution is 8.13. The van der Waals surface area contributed by atoms with E-state index in [0.29, 0.717) is 24.8 Å². The van der Waals surface area contributed by atoms with Crippen LogP contribution in [0.5, 0.6) is 5.88 Å². The first-order valence-corrected chi connectivity index (χ1v) is 9.72. The minimum absolute atomic E-state index is 0.208. The zero-order chi connectivity index (χ0) is 18.8. The average molecular weight is 378 g/mol. The normalized spacial score (nSPS) is 18.9. The highest BCUT2D eigenvalue weighted by atomic mass is 32.2. The fourth-order valence-electron chi connectivity index (χ4n) is 2.27. The molecule has 7 heteroatoms. The Balaban J connectivity index is 1.94. The van der Waals surface area contributed by atoms with Crippen molar-refractivity contribution in [3.05, 3.63) is 48.0 Å². The molecule has 2 rings (SSSR count). The summed E-state index contributed by atoms with van der Waals surface area (Å²) in [6.07, 6.45) is 9.81. The SMILES string of the molecule is C=C/C(=C\C=C(/C)OC)COc1cc(C(=NCC2CCCO2)SC)on1. The van der Waals surface area contributed by atoms with E-state index in [1.54, 1.807) is 19.3 Å². The van der Waals surface area contributed by atoms with Crippen LogP contribution in [0.3, 0.4) is 0 Å². The molecule has 0 aromatic carbocycles. The van der Waals surface area contributed by atoms with Crippen molar-refractivity contribution in [2.24, 2.45) is 4.99 Å². The van der Waals surface area contributed by atoms with Crippen LogP contribution in [0, 0.1) is 0 Å². The Morgan fingerprint density at radius 1 is 1.50 bits per heavy atom. The van der Waals surface area contributed by atoms with Crippen LogP contribution < -0.4 is 4.74 Å². The first-order chi connectivity index (χ1) is 12.7. The first kappa shape index (κ1) is 20.3. The Morgan fingerprint density at radius 3 is 3.00 bits per heavy atom. The Hall–Kier alpha value is -1.99. The standard InChI is InChI=1S/C19H26N2O4S/c1-5-15(9-8-14(2)22-3)13-24-18-11-17(25-21-18)19(26-4)20-12-16-7-6-10-23-16/h5,8-9,11,16H,1,6-7,10,12-13H2,2-4H3/b14-8+,15-9+,20-19?. The van der Waals surface area contributed by atoms with Crippen LogP contribution in [0.15, 0.2) is 51.7 Å². The third-order valence-electron chi connectivity index (χ3n) is 3.86. The van der Waals surface area contributed by atoms with Gasteiger partial charge in [0.2, 0.25) is 0 Å². The van der Waals surface area contributed by atoms with E-state index >= 15 is 0 Å². The Morgan fingerprint density at radius 2 is 2.35 bits per heavy atom. The molecule has 0 aliphatic carbocycles. The fourth-order valence-corrected chi connectivity index (χ4v) is 2.77. The number of hydrogen-bond donors (Lipinski definition) is 0. The molecule has 1 aliphatic rings. The molecule has 0 bridgehead atoms. The van der Waals surface area contributed by atoms with Crippen LogP contribution in [0.1, 0.15) is 25.5 Å². The lowest BCUT2D eigenvalue weighted by Gasteiger charge is -2.05. The van der Waals surface area contributed by atoms with Gasteiger partial charge in [0.15, 0.2) is 5.76 Å². The summed E-state index contributed by atoms with van der Waals surface area (Å²) in [5.41, 5.74) is 0.906. The van der Waals surface area contributed by atoms with Crippen molar-refractivity contribution in [1.29, 1.82) is 0 Å². The van der Waals surface area contributed by atoms with Gasteiger partial charge in [0.25, 0.3) is 5.88 Å². The lowest BCUT2D eigenvalue weighted by atomic mass is 10.2. The fraction of sp³-hybridized carbons (Fsp3) is 0.474. The molecule has 0 spiro atoms. The number of aromatic nitrogens is 1. The van der Waals surface area contributed by atoms with Gasteiger partial charge < -0.3 is 18.7 Å². The maximum Gasteiger partial charge on any atom is 0.255 e. The van der Waals surface area contributed by atoms with Gasteiger partial charge in [-0.15, -0.1) is 11.8 Å². The van der Waals surface area contributed by atoms with Crippen LogP contribution >= 0.6 is 11.8 Å².